The van der Waals surface area contributed by atoms with Gasteiger partial charge in [-0.3, -0.25) is 0 Å². The van der Waals surface area contributed by atoms with Crippen molar-refractivity contribution in [2.45, 2.75) is 19.4 Å². The van der Waals surface area contributed by atoms with Crippen molar-refractivity contribution in [1.29, 1.82) is 0 Å². The van der Waals surface area contributed by atoms with Crippen molar-refractivity contribution in [3.63, 3.8) is 0 Å². The van der Waals surface area contributed by atoms with Crippen molar-refractivity contribution in [2.75, 3.05) is 0 Å². The Labute approximate surface area is 75.8 Å². The van der Waals surface area contributed by atoms with Crippen molar-refractivity contribution in [3.8, 4) is 0 Å². The van der Waals surface area contributed by atoms with Gasteiger partial charge in [-0.05, 0) is 24.1 Å². The molecule has 1 rings (SSSR count). The highest BCUT2D eigenvalue weighted by molar-refractivity contribution is 6.30. The normalized spacial score (nSPS) is 13.0. The minimum atomic E-state index is -0.600. The Kier molecular flexibility index (Phi) is 3.06. The summed E-state index contributed by atoms with van der Waals surface area (Å²) < 4.78 is 12.8. The van der Waals surface area contributed by atoms with E-state index in [-0.39, 0.29) is 5.02 Å². The van der Waals surface area contributed by atoms with Gasteiger partial charge in [-0.25, -0.2) is 4.39 Å². The van der Waals surface area contributed by atoms with Gasteiger partial charge in [0.25, 0.3) is 0 Å². The zero-order valence-electron chi connectivity index (χ0n) is 6.72. The minimum absolute atomic E-state index is 0.0852. The molecule has 3 heteroatoms. The van der Waals surface area contributed by atoms with Crippen LogP contribution in [0.5, 0.6) is 0 Å². The van der Waals surface area contributed by atoms with Crippen LogP contribution >= 0.6 is 11.6 Å². The second kappa shape index (κ2) is 3.87. The van der Waals surface area contributed by atoms with Crippen molar-refractivity contribution < 1.29 is 9.50 Å². The number of halogens is 2. The predicted molar refractivity (Wildman–Crippen MR) is 46.7 cm³/mol. The van der Waals surface area contributed by atoms with Crippen molar-refractivity contribution >= 4 is 11.6 Å². The number of aliphatic hydroxyl groups excluding tert-OH is 1. The Bertz CT molecular complexity index is 275. The third kappa shape index (κ3) is 1.96. The predicted octanol–water partition coefficient (Wildman–Crippen LogP) is 2.92. The Morgan fingerprint density at radius 2 is 2.25 bits per heavy atom. The van der Waals surface area contributed by atoms with E-state index in [2.05, 4.69) is 0 Å². The highest BCUT2D eigenvalue weighted by Crippen LogP contribution is 2.21. The van der Waals surface area contributed by atoms with Crippen molar-refractivity contribution in [2.24, 2.45) is 0 Å². The number of rotatable bonds is 2. The van der Waals surface area contributed by atoms with Crippen LogP contribution in [0.4, 0.5) is 4.39 Å². The van der Waals surface area contributed by atoms with E-state index in [1.165, 1.54) is 12.1 Å². The summed E-state index contributed by atoms with van der Waals surface area (Å²) in [5.41, 5.74) is 0.569. The zero-order valence-corrected chi connectivity index (χ0v) is 7.48. The summed E-state index contributed by atoms with van der Waals surface area (Å²) in [5, 5.41) is 9.42. The Morgan fingerprint density at radius 3 is 2.75 bits per heavy atom. The molecule has 0 aliphatic rings. The van der Waals surface area contributed by atoms with Crippen molar-refractivity contribution in [1.82, 2.24) is 0 Å². The van der Waals surface area contributed by atoms with Gasteiger partial charge in [-0.2, -0.15) is 0 Å². The fraction of sp³-hybridized carbons (Fsp3) is 0.333. The van der Waals surface area contributed by atoms with Crippen LogP contribution in [-0.4, -0.2) is 5.11 Å². The van der Waals surface area contributed by atoms with Gasteiger partial charge in [0, 0.05) is 0 Å². The van der Waals surface area contributed by atoms with Gasteiger partial charge in [-0.1, -0.05) is 24.6 Å². The first kappa shape index (κ1) is 9.49. The van der Waals surface area contributed by atoms with Crippen LogP contribution in [0, 0.1) is 5.82 Å². The van der Waals surface area contributed by atoms with Gasteiger partial charge in [0.15, 0.2) is 0 Å². The van der Waals surface area contributed by atoms with Crippen LogP contribution in [0.15, 0.2) is 18.2 Å². The van der Waals surface area contributed by atoms with Gasteiger partial charge in [0.05, 0.1) is 11.1 Å². The average molecular weight is 189 g/mol. The smallest absolute Gasteiger partial charge is 0.142 e. The van der Waals surface area contributed by atoms with Gasteiger partial charge < -0.3 is 5.11 Å². The van der Waals surface area contributed by atoms with E-state index in [9.17, 15) is 9.50 Å². The van der Waals surface area contributed by atoms with E-state index in [1.807, 2.05) is 6.92 Å². The Hall–Kier alpha value is -0.600. The molecule has 0 unspecified atom stereocenters. The van der Waals surface area contributed by atoms with Crippen LogP contribution in [0.2, 0.25) is 5.02 Å². The summed E-state index contributed by atoms with van der Waals surface area (Å²) in [6.45, 7) is 1.83. The lowest BCUT2D eigenvalue weighted by Crippen LogP contribution is -1.95. The van der Waals surface area contributed by atoms with Gasteiger partial charge >= 0.3 is 0 Å². The first-order chi connectivity index (χ1) is 5.65. The van der Waals surface area contributed by atoms with Crippen molar-refractivity contribution in [3.05, 3.63) is 34.6 Å². The molecule has 66 valence electrons. The molecular weight excluding hydrogens is 179 g/mol. The minimum Gasteiger partial charge on any atom is -0.388 e. The first-order valence-electron chi connectivity index (χ1n) is 3.78. The molecule has 0 aromatic heterocycles. The van der Waals surface area contributed by atoms with Gasteiger partial charge in [0.2, 0.25) is 0 Å². The van der Waals surface area contributed by atoms with Crippen LogP contribution in [-0.2, 0) is 0 Å². The molecule has 0 aliphatic carbocycles. The standard InChI is InChI=1S/C9H10ClFO/c1-2-9(12)6-3-4-7(10)8(11)5-6/h3-5,9,12H,2H2,1H3/t9-/m1/s1. The lowest BCUT2D eigenvalue weighted by atomic mass is 10.1. The molecule has 0 bridgehead atoms. The number of hydrogen-bond acceptors (Lipinski definition) is 1. The van der Waals surface area contributed by atoms with E-state index in [1.54, 1.807) is 6.07 Å². The van der Waals surface area contributed by atoms with Gasteiger partial charge in [-0.15, -0.1) is 0 Å². The monoisotopic (exact) mass is 188 g/mol. The van der Waals surface area contributed by atoms with Crippen LogP contribution in [0.1, 0.15) is 25.0 Å². The molecule has 0 spiro atoms. The van der Waals surface area contributed by atoms with E-state index in [0.29, 0.717) is 12.0 Å². The molecule has 0 fully saturated rings. The summed E-state index contributed by atoms with van der Waals surface area (Å²) in [7, 11) is 0. The fourth-order valence-electron chi connectivity index (χ4n) is 0.955. The molecule has 0 amide bonds. The molecule has 1 aromatic carbocycles. The summed E-state index contributed by atoms with van der Waals surface area (Å²) in [6.07, 6.45) is -0.0297. The third-order valence-corrected chi connectivity index (χ3v) is 2.02. The molecular formula is C9H10ClFO. The highest BCUT2D eigenvalue weighted by atomic mass is 35.5. The lowest BCUT2D eigenvalue weighted by molar-refractivity contribution is 0.173. The molecule has 0 aliphatic heterocycles. The maximum atomic E-state index is 12.8. The van der Waals surface area contributed by atoms with Gasteiger partial charge in [0.1, 0.15) is 5.82 Å². The lowest BCUT2D eigenvalue weighted by Gasteiger charge is -2.07. The van der Waals surface area contributed by atoms with Crippen LogP contribution in [0.3, 0.4) is 0 Å². The second-order valence-corrected chi connectivity index (χ2v) is 3.00. The summed E-state index contributed by atoms with van der Waals surface area (Å²) in [4.78, 5) is 0. The van der Waals surface area contributed by atoms with Crippen LogP contribution in [0.25, 0.3) is 0 Å². The van der Waals surface area contributed by atoms with E-state index in [4.69, 9.17) is 11.6 Å². The SMILES string of the molecule is CC[C@@H](O)c1ccc(Cl)c(F)c1. The zero-order chi connectivity index (χ0) is 9.14. The molecule has 0 saturated carbocycles. The maximum Gasteiger partial charge on any atom is 0.142 e. The third-order valence-electron chi connectivity index (χ3n) is 1.72. The largest absolute Gasteiger partial charge is 0.388 e. The molecule has 1 atom stereocenters. The molecule has 1 nitrogen and oxygen atoms in total. The topological polar surface area (TPSA) is 20.2 Å². The summed E-state index contributed by atoms with van der Waals surface area (Å²) in [5.74, 6) is -0.485. The summed E-state index contributed by atoms with van der Waals surface area (Å²) >= 11 is 5.47. The Balaban J connectivity index is 2.96. The number of hydrogen-bond donors (Lipinski definition) is 1. The molecule has 0 radical (unpaired) electrons. The quantitative estimate of drug-likeness (QED) is 0.757. The number of benzene rings is 1. The Morgan fingerprint density at radius 1 is 1.58 bits per heavy atom. The highest BCUT2D eigenvalue weighted by Gasteiger charge is 2.07. The van der Waals surface area contributed by atoms with Crippen LogP contribution < -0.4 is 0 Å². The molecule has 0 heterocycles. The molecule has 1 aromatic rings. The molecule has 12 heavy (non-hydrogen) atoms. The molecule has 1 N–H and O–H groups in total. The summed E-state index contributed by atoms with van der Waals surface area (Å²) in [6, 6.07) is 4.33. The van der Waals surface area contributed by atoms with E-state index >= 15 is 0 Å². The number of aliphatic hydroxyl groups is 1. The average Bonchev–Trinajstić information content (AvgIpc) is 2.08. The molecule has 0 saturated heterocycles. The van der Waals surface area contributed by atoms with E-state index < -0.39 is 11.9 Å². The fourth-order valence-corrected chi connectivity index (χ4v) is 1.07. The van der Waals surface area contributed by atoms with E-state index in [0.717, 1.165) is 0 Å². The second-order valence-electron chi connectivity index (χ2n) is 2.60. The first-order valence-corrected chi connectivity index (χ1v) is 4.16. The maximum absolute atomic E-state index is 12.8.